The summed E-state index contributed by atoms with van der Waals surface area (Å²) < 4.78 is 17.7. The smallest absolute Gasteiger partial charge is 0.168 e. The first-order valence-electron chi connectivity index (χ1n) is 7.56. The molecule has 0 aromatic heterocycles. The van der Waals surface area contributed by atoms with Gasteiger partial charge in [-0.15, -0.1) is 0 Å². The molecule has 0 aromatic carbocycles. The third-order valence-corrected chi connectivity index (χ3v) is 5.26. The largest absolute Gasteiger partial charge is 0.384 e. The Labute approximate surface area is 110 Å². The monoisotopic (exact) mass is 254 g/mol. The van der Waals surface area contributed by atoms with E-state index in [0.717, 1.165) is 38.6 Å². The molecular weight excluding hydrogens is 228 g/mol. The molecule has 1 aliphatic heterocycles. The van der Waals surface area contributed by atoms with Crippen LogP contribution in [0, 0.1) is 11.3 Å². The molecule has 3 nitrogen and oxygen atoms in total. The van der Waals surface area contributed by atoms with Crippen molar-refractivity contribution in [1.82, 2.24) is 0 Å². The molecule has 0 radical (unpaired) electrons. The molecule has 0 bridgehead atoms. The molecular formula is C15H26O3. The van der Waals surface area contributed by atoms with Crippen molar-refractivity contribution in [2.24, 2.45) is 11.3 Å². The second-order valence-corrected chi connectivity index (χ2v) is 6.47. The van der Waals surface area contributed by atoms with Gasteiger partial charge in [0.25, 0.3) is 0 Å². The zero-order chi connectivity index (χ0) is 12.5. The maximum atomic E-state index is 6.12. The van der Waals surface area contributed by atoms with E-state index in [0.29, 0.717) is 0 Å². The number of hydrogen-bond donors (Lipinski definition) is 0. The zero-order valence-electron chi connectivity index (χ0n) is 11.6. The maximum Gasteiger partial charge on any atom is 0.168 e. The predicted octanol–water partition coefficient (Wildman–Crippen LogP) is 3.13. The van der Waals surface area contributed by atoms with Crippen LogP contribution < -0.4 is 0 Å². The van der Waals surface area contributed by atoms with Crippen LogP contribution in [0.25, 0.3) is 0 Å². The lowest BCUT2D eigenvalue weighted by Crippen LogP contribution is -2.57. The number of hydrogen-bond acceptors (Lipinski definition) is 3. The number of methoxy groups -OCH3 is 1. The Morgan fingerprint density at radius 1 is 1.00 bits per heavy atom. The molecule has 0 N–H and O–H groups in total. The normalized spacial score (nSPS) is 31.2. The molecule has 3 fully saturated rings. The van der Waals surface area contributed by atoms with Crippen molar-refractivity contribution in [2.45, 2.75) is 57.2 Å². The highest BCUT2D eigenvalue weighted by atomic mass is 16.7. The summed E-state index contributed by atoms with van der Waals surface area (Å²) in [4.78, 5) is 0. The topological polar surface area (TPSA) is 27.7 Å². The summed E-state index contributed by atoms with van der Waals surface area (Å²) in [7, 11) is 1.80. The average molecular weight is 254 g/mol. The molecule has 2 aliphatic carbocycles. The molecule has 0 amide bonds. The maximum absolute atomic E-state index is 6.12. The van der Waals surface area contributed by atoms with Crippen molar-refractivity contribution in [2.75, 3.05) is 26.9 Å². The van der Waals surface area contributed by atoms with Crippen LogP contribution in [0.2, 0.25) is 0 Å². The fourth-order valence-electron chi connectivity index (χ4n) is 3.83. The molecule has 3 rings (SSSR count). The van der Waals surface area contributed by atoms with Crippen LogP contribution >= 0.6 is 0 Å². The van der Waals surface area contributed by atoms with Crippen LogP contribution in [0.4, 0.5) is 0 Å². The highest BCUT2D eigenvalue weighted by Gasteiger charge is 2.51. The van der Waals surface area contributed by atoms with E-state index in [1.54, 1.807) is 7.11 Å². The van der Waals surface area contributed by atoms with E-state index in [1.165, 1.54) is 38.5 Å². The first-order chi connectivity index (χ1) is 8.79. The summed E-state index contributed by atoms with van der Waals surface area (Å²) in [5, 5.41) is 0. The van der Waals surface area contributed by atoms with E-state index in [1.807, 2.05) is 0 Å². The minimum absolute atomic E-state index is 0.121. The van der Waals surface area contributed by atoms with E-state index in [-0.39, 0.29) is 11.2 Å². The van der Waals surface area contributed by atoms with Gasteiger partial charge >= 0.3 is 0 Å². The molecule has 0 atom stereocenters. The summed E-state index contributed by atoms with van der Waals surface area (Å²) >= 11 is 0. The second-order valence-electron chi connectivity index (χ2n) is 6.47. The van der Waals surface area contributed by atoms with E-state index in [9.17, 15) is 0 Å². The van der Waals surface area contributed by atoms with Gasteiger partial charge in [-0.2, -0.15) is 0 Å². The summed E-state index contributed by atoms with van der Waals surface area (Å²) in [5.74, 6) is 0.523. The Balaban J connectivity index is 1.67. The van der Waals surface area contributed by atoms with Gasteiger partial charge in [0.15, 0.2) is 5.79 Å². The lowest BCUT2D eigenvalue weighted by atomic mass is 9.69. The summed E-state index contributed by atoms with van der Waals surface area (Å²) in [6.45, 7) is 2.46. The van der Waals surface area contributed by atoms with Gasteiger partial charge in [-0.1, -0.05) is 19.3 Å². The second kappa shape index (κ2) is 5.10. The Bertz CT molecular complexity index is 269. The highest BCUT2D eigenvalue weighted by Crippen LogP contribution is 2.48. The van der Waals surface area contributed by atoms with Crippen LogP contribution in [0.3, 0.4) is 0 Å². The number of ether oxygens (including phenoxy) is 3. The average Bonchev–Trinajstić information content (AvgIpc) is 2.39. The van der Waals surface area contributed by atoms with Gasteiger partial charge < -0.3 is 14.2 Å². The van der Waals surface area contributed by atoms with E-state index >= 15 is 0 Å². The van der Waals surface area contributed by atoms with Crippen molar-refractivity contribution in [3.05, 3.63) is 0 Å². The minimum Gasteiger partial charge on any atom is -0.384 e. The van der Waals surface area contributed by atoms with Gasteiger partial charge in [0, 0.05) is 25.4 Å². The lowest BCUT2D eigenvalue weighted by Gasteiger charge is -2.53. The lowest BCUT2D eigenvalue weighted by molar-refractivity contribution is -0.346. The Morgan fingerprint density at radius 3 is 2.17 bits per heavy atom. The van der Waals surface area contributed by atoms with Crippen LogP contribution in [-0.2, 0) is 14.2 Å². The summed E-state index contributed by atoms with van der Waals surface area (Å²) in [5.41, 5.74) is 0.121. The molecule has 104 valence electrons. The third kappa shape index (κ3) is 2.21. The molecule has 0 unspecified atom stereocenters. The molecule has 1 heterocycles. The molecule has 0 aromatic rings. The highest BCUT2D eigenvalue weighted by molar-refractivity contribution is 4.94. The first-order valence-corrected chi connectivity index (χ1v) is 7.56. The Kier molecular flexibility index (Phi) is 3.65. The minimum atomic E-state index is -0.202. The molecule has 3 heteroatoms. The first kappa shape index (κ1) is 12.9. The van der Waals surface area contributed by atoms with Gasteiger partial charge in [-0.05, 0) is 25.2 Å². The molecule has 18 heavy (non-hydrogen) atoms. The number of rotatable bonds is 3. The van der Waals surface area contributed by atoms with Crippen molar-refractivity contribution >= 4 is 0 Å². The molecule has 2 saturated carbocycles. The van der Waals surface area contributed by atoms with E-state index in [2.05, 4.69) is 0 Å². The third-order valence-electron chi connectivity index (χ3n) is 5.26. The van der Waals surface area contributed by atoms with Gasteiger partial charge in [-0.25, -0.2) is 0 Å². The zero-order valence-corrected chi connectivity index (χ0v) is 11.6. The van der Waals surface area contributed by atoms with Crippen LogP contribution in [0.1, 0.15) is 51.4 Å². The van der Waals surface area contributed by atoms with Crippen molar-refractivity contribution in [3.8, 4) is 0 Å². The molecule has 1 saturated heterocycles. The van der Waals surface area contributed by atoms with Gasteiger partial charge in [-0.3, -0.25) is 0 Å². The summed E-state index contributed by atoms with van der Waals surface area (Å²) in [6.07, 6.45) is 10.2. The fourth-order valence-corrected chi connectivity index (χ4v) is 3.83. The van der Waals surface area contributed by atoms with Crippen LogP contribution in [0.5, 0.6) is 0 Å². The standard InChI is InChI=1S/C15H26O3/c1-16-10-14(13-6-3-2-4-7-13)11-17-15(18-12-14)8-5-9-15/h13H,2-12H2,1H3. The van der Waals surface area contributed by atoms with E-state index in [4.69, 9.17) is 14.2 Å². The van der Waals surface area contributed by atoms with Crippen LogP contribution in [0.15, 0.2) is 0 Å². The van der Waals surface area contributed by atoms with Gasteiger partial charge in [0.05, 0.1) is 19.8 Å². The molecule has 1 spiro atoms. The van der Waals surface area contributed by atoms with E-state index < -0.39 is 0 Å². The van der Waals surface area contributed by atoms with Crippen molar-refractivity contribution < 1.29 is 14.2 Å². The Morgan fingerprint density at radius 2 is 1.67 bits per heavy atom. The van der Waals surface area contributed by atoms with Crippen molar-refractivity contribution in [1.29, 1.82) is 0 Å². The fraction of sp³-hybridized carbons (Fsp3) is 1.00. The SMILES string of the molecule is COCC1(C2CCCCC2)COC2(CCC2)OC1. The Hall–Kier alpha value is -0.120. The van der Waals surface area contributed by atoms with Gasteiger partial charge in [0.2, 0.25) is 0 Å². The predicted molar refractivity (Wildman–Crippen MR) is 69.4 cm³/mol. The molecule has 3 aliphatic rings. The van der Waals surface area contributed by atoms with Crippen molar-refractivity contribution in [3.63, 3.8) is 0 Å². The summed E-state index contributed by atoms with van der Waals surface area (Å²) in [6, 6.07) is 0. The quantitative estimate of drug-likeness (QED) is 0.774. The van der Waals surface area contributed by atoms with Gasteiger partial charge in [0.1, 0.15) is 0 Å². The van der Waals surface area contributed by atoms with Crippen LogP contribution in [-0.4, -0.2) is 32.7 Å².